The quantitative estimate of drug-likeness (QED) is 0.510. The molecule has 112 valence electrons. The van der Waals surface area contributed by atoms with Crippen LogP contribution in [0.2, 0.25) is 0 Å². The van der Waals surface area contributed by atoms with Crippen molar-refractivity contribution in [3.05, 3.63) is 68.2 Å². The SMILES string of the molecule is O=C(N/N=C\c1cc(Br)cc([N+](=O)[O-])c1[O-])c1ccccc1. The Morgan fingerprint density at radius 1 is 1.27 bits per heavy atom. The highest BCUT2D eigenvalue weighted by molar-refractivity contribution is 9.10. The topological polar surface area (TPSA) is 108 Å². The second kappa shape index (κ2) is 6.81. The van der Waals surface area contributed by atoms with Crippen LogP contribution in [0.5, 0.6) is 5.75 Å². The molecule has 0 aliphatic carbocycles. The van der Waals surface area contributed by atoms with E-state index in [1.54, 1.807) is 30.3 Å². The van der Waals surface area contributed by atoms with Crippen molar-refractivity contribution < 1.29 is 14.8 Å². The summed E-state index contributed by atoms with van der Waals surface area (Å²) in [6.07, 6.45) is 1.07. The Bertz CT molecular complexity index is 747. The molecule has 0 radical (unpaired) electrons. The van der Waals surface area contributed by atoms with E-state index < -0.39 is 22.3 Å². The van der Waals surface area contributed by atoms with Crippen LogP contribution >= 0.6 is 15.9 Å². The number of nitrogens with one attached hydrogen (secondary N) is 1. The molecule has 2 aromatic carbocycles. The molecule has 0 aliphatic heterocycles. The van der Waals surface area contributed by atoms with Gasteiger partial charge < -0.3 is 5.11 Å². The molecular formula is C14H9BrN3O4-. The second-order valence-corrected chi connectivity index (χ2v) is 5.08. The third-order valence-electron chi connectivity index (χ3n) is 2.67. The number of halogens is 1. The largest absolute Gasteiger partial charge is 0.867 e. The number of nitrogens with zero attached hydrogens (tertiary/aromatic N) is 2. The first-order valence-corrected chi connectivity index (χ1v) is 6.81. The van der Waals surface area contributed by atoms with Crippen molar-refractivity contribution in [3.63, 3.8) is 0 Å². The van der Waals surface area contributed by atoms with Crippen LogP contribution in [0.1, 0.15) is 15.9 Å². The van der Waals surface area contributed by atoms with E-state index >= 15 is 0 Å². The zero-order valence-electron chi connectivity index (χ0n) is 11.0. The van der Waals surface area contributed by atoms with E-state index in [-0.39, 0.29) is 5.56 Å². The van der Waals surface area contributed by atoms with E-state index in [4.69, 9.17) is 0 Å². The molecule has 2 aromatic rings. The van der Waals surface area contributed by atoms with Crippen LogP contribution in [-0.4, -0.2) is 17.0 Å². The lowest BCUT2D eigenvalue weighted by Crippen LogP contribution is -2.17. The van der Waals surface area contributed by atoms with E-state index in [1.165, 1.54) is 6.07 Å². The van der Waals surface area contributed by atoms with Crippen LogP contribution in [0.4, 0.5) is 5.69 Å². The van der Waals surface area contributed by atoms with Gasteiger partial charge in [-0.3, -0.25) is 14.9 Å². The number of hydrogen-bond donors (Lipinski definition) is 1. The average Bonchev–Trinajstić information content (AvgIpc) is 2.50. The molecule has 1 amide bonds. The molecule has 0 aliphatic rings. The van der Waals surface area contributed by atoms with Crippen molar-refractivity contribution in [1.82, 2.24) is 5.43 Å². The fourth-order valence-corrected chi connectivity index (χ4v) is 2.11. The van der Waals surface area contributed by atoms with Crippen molar-refractivity contribution in [3.8, 4) is 5.75 Å². The standard InChI is InChI=1S/C14H10BrN3O4/c15-11-6-10(13(19)12(7-11)18(21)22)8-16-17-14(20)9-4-2-1-3-5-9/h1-8,19H,(H,17,20)/p-1/b16-8-. The fraction of sp³-hybridized carbons (Fsp3) is 0. The van der Waals surface area contributed by atoms with Gasteiger partial charge in [-0.05, 0) is 29.5 Å². The highest BCUT2D eigenvalue weighted by atomic mass is 79.9. The first-order chi connectivity index (χ1) is 10.5. The summed E-state index contributed by atoms with van der Waals surface area (Å²) < 4.78 is 0.370. The average molecular weight is 363 g/mol. The minimum atomic E-state index is -0.772. The van der Waals surface area contributed by atoms with Crippen LogP contribution in [0.15, 0.2) is 52.0 Å². The molecule has 0 atom stereocenters. The van der Waals surface area contributed by atoms with Gasteiger partial charge in [0, 0.05) is 16.1 Å². The first-order valence-electron chi connectivity index (χ1n) is 6.02. The Hall–Kier alpha value is -2.74. The van der Waals surface area contributed by atoms with E-state index in [2.05, 4.69) is 26.5 Å². The van der Waals surface area contributed by atoms with Gasteiger partial charge in [0.05, 0.1) is 11.1 Å². The number of nitro benzene ring substituents is 1. The molecule has 22 heavy (non-hydrogen) atoms. The van der Waals surface area contributed by atoms with Gasteiger partial charge in [-0.25, -0.2) is 5.43 Å². The number of nitro groups is 1. The molecule has 0 heterocycles. The van der Waals surface area contributed by atoms with Crippen LogP contribution in [-0.2, 0) is 0 Å². The summed E-state index contributed by atoms with van der Waals surface area (Å²) in [5.74, 6) is -1.22. The van der Waals surface area contributed by atoms with Crippen molar-refractivity contribution >= 4 is 33.7 Å². The Balaban J connectivity index is 2.17. The van der Waals surface area contributed by atoms with Crippen molar-refractivity contribution in [2.24, 2.45) is 5.10 Å². The number of rotatable bonds is 4. The highest BCUT2D eigenvalue weighted by Gasteiger charge is 2.11. The predicted molar refractivity (Wildman–Crippen MR) is 81.7 cm³/mol. The Morgan fingerprint density at radius 2 is 1.95 bits per heavy atom. The van der Waals surface area contributed by atoms with Crippen LogP contribution < -0.4 is 10.5 Å². The lowest BCUT2D eigenvalue weighted by atomic mass is 10.2. The van der Waals surface area contributed by atoms with Gasteiger partial charge in [-0.15, -0.1) is 0 Å². The van der Waals surface area contributed by atoms with E-state index in [1.807, 2.05) is 0 Å². The maximum Gasteiger partial charge on any atom is 0.271 e. The Labute approximate surface area is 133 Å². The smallest absolute Gasteiger partial charge is 0.271 e. The molecular weight excluding hydrogens is 354 g/mol. The molecule has 2 rings (SSSR count). The number of benzene rings is 2. The van der Waals surface area contributed by atoms with Crippen LogP contribution in [0.25, 0.3) is 0 Å². The molecule has 0 saturated heterocycles. The summed E-state index contributed by atoms with van der Waals surface area (Å²) in [7, 11) is 0. The van der Waals surface area contributed by atoms with Gasteiger partial charge in [0.1, 0.15) is 0 Å². The van der Waals surface area contributed by atoms with Gasteiger partial charge in [0.25, 0.3) is 11.6 Å². The van der Waals surface area contributed by atoms with Gasteiger partial charge >= 0.3 is 0 Å². The summed E-state index contributed by atoms with van der Waals surface area (Å²) in [6, 6.07) is 10.9. The van der Waals surface area contributed by atoms with Crippen LogP contribution in [0.3, 0.4) is 0 Å². The van der Waals surface area contributed by atoms with Gasteiger partial charge in [-0.2, -0.15) is 5.10 Å². The minimum absolute atomic E-state index is 0.00515. The molecule has 0 unspecified atom stereocenters. The zero-order valence-corrected chi connectivity index (χ0v) is 12.6. The van der Waals surface area contributed by atoms with Crippen LogP contribution in [0, 0.1) is 10.1 Å². The van der Waals surface area contributed by atoms with Crippen molar-refractivity contribution in [2.45, 2.75) is 0 Å². The van der Waals surface area contributed by atoms with E-state index in [0.717, 1.165) is 12.3 Å². The first kappa shape index (κ1) is 15.6. The second-order valence-electron chi connectivity index (χ2n) is 4.17. The normalized spacial score (nSPS) is 10.6. The summed E-state index contributed by atoms with van der Waals surface area (Å²) in [5.41, 5.74) is 2.08. The molecule has 8 heteroatoms. The summed E-state index contributed by atoms with van der Waals surface area (Å²) in [6.45, 7) is 0. The molecule has 0 fully saturated rings. The molecule has 0 saturated carbocycles. The zero-order chi connectivity index (χ0) is 16.1. The predicted octanol–water partition coefficient (Wildman–Crippen LogP) is 2.19. The Morgan fingerprint density at radius 3 is 2.59 bits per heavy atom. The highest BCUT2D eigenvalue weighted by Crippen LogP contribution is 2.30. The number of carbonyl (C=O) groups is 1. The van der Waals surface area contributed by atoms with E-state index in [0.29, 0.717) is 10.0 Å². The van der Waals surface area contributed by atoms with E-state index in [9.17, 15) is 20.0 Å². The molecule has 0 spiro atoms. The molecule has 0 bridgehead atoms. The summed E-state index contributed by atoms with van der Waals surface area (Å²) in [4.78, 5) is 21.7. The molecule has 0 aromatic heterocycles. The number of hydrazone groups is 1. The summed E-state index contributed by atoms with van der Waals surface area (Å²) >= 11 is 3.08. The number of amides is 1. The van der Waals surface area contributed by atoms with Gasteiger partial charge in [0.2, 0.25) is 0 Å². The van der Waals surface area contributed by atoms with Crippen molar-refractivity contribution in [2.75, 3.05) is 0 Å². The maximum atomic E-state index is 11.8. The molecule has 1 N–H and O–H groups in total. The monoisotopic (exact) mass is 362 g/mol. The third kappa shape index (κ3) is 3.67. The Kier molecular flexibility index (Phi) is 4.84. The van der Waals surface area contributed by atoms with Crippen molar-refractivity contribution in [1.29, 1.82) is 0 Å². The summed E-state index contributed by atoms with van der Waals surface area (Å²) in [5, 5.41) is 26.3. The number of hydrogen-bond acceptors (Lipinski definition) is 5. The fourth-order valence-electron chi connectivity index (χ4n) is 1.65. The minimum Gasteiger partial charge on any atom is -0.867 e. The number of carbonyl (C=O) groups excluding carboxylic acids is 1. The lowest BCUT2D eigenvalue weighted by Gasteiger charge is -2.10. The third-order valence-corrected chi connectivity index (χ3v) is 3.12. The molecule has 7 nitrogen and oxygen atoms in total. The maximum absolute atomic E-state index is 11.8. The van der Waals surface area contributed by atoms with Gasteiger partial charge in [-0.1, -0.05) is 34.1 Å². The lowest BCUT2D eigenvalue weighted by molar-refractivity contribution is -0.398. The van der Waals surface area contributed by atoms with Gasteiger partial charge in [0.15, 0.2) is 0 Å².